The minimum Gasteiger partial charge on any atom is -0.496 e. The summed E-state index contributed by atoms with van der Waals surface area (Å²) in [5.74, 6) is 0.0575. The Morgan fingerprint density at radius 2 is 1.92 bits per heavy atom. The monoisotopic (exact) mass is 362 g/mol. The molecule has 0 aliphatic rings. The second kappa shape index (κ2) is 6.38. The number of fused-ring (bicyclic) bond motifs is 1. The van der Waals surface area contributed by atoms with Gasteiger partial charge in [-0.05, 0) is 25.1 Å². The third-order valence-electron chi connectivity index (χ3n) is 4.01. The van der Waals surface area contributed by atoms with Crippen LogP contribution in [0, 0.1) is 0 Å². The second-order valence-electron chi connectivity index (χ2n) is 5.64. The van der Waals surface area contributed by atoms with Crippen LogP contribution in [0.25, 0.3) is 11.1 Å². The fourth-order valence-corrected chi connectivity index (χ4v) is 3.91. The summed E-state index contributed by atoms with van der Waals surface area (Å²) in [6.07, 6.45) is 0. The lowest BCUT2D eigenvalue weighted by atomic mass is 10.1. The zero-order valence-electron chi connectivity index (χ0n) is 14.0. The average molecular weight is 362 g/mol. The number of rotatable bonds is 5. The summed E-state index contributed by atoms with van der Waals surface area (Å²) < 4.78 is 39.6. The van der Waals surface area contributed by atoms with E-state index in [-0.39, 0.29) is 10.5 Å². The van der Waals surface area contributed by atoms with Crippen LogP contribution in [0.4, 0.5) is 0 Å². The van der Waals surface area contributed by atoms with Crippen LogP contribution in [0.2, 0.25) is 0 Å². The topological polar surface area (TPSA) is 90.5 Å². The first-order valence-electron chi connectivity index (χ1n) is 7.58. The van der Waals surface area contributed by atoms with E-state index in [2.05, 4.69) is 4.72 Å². The molecule has 0 fully saturated rings. The third kappa shape index (κ3) is 3.18. The van der Waals surface area contributed by atoms with Crippen LogP contribution in [-0.2, 0) is 17.1 Å². The van der Waals surface area contributed by atoms with E-state index >= 15 is 0 Å². The summed E-state index contributed by atoms with van der Waals surface area (Å²) in [6, 6.07) is 11.0. The van der Waals surface area contributed by atoms with Crippen LogP contribution in [0.5, 0.6) is 5.75 Å². The Hall–Kier alpha value is -2.58. The largest absolute Gasteiger partial charge is 0.496 e. The van der Waals surface area contributed by atoms with E-state index in [0.717, 1.165) is 5.56 Å². The summed E-state index contributed by atoms with van der Waals surface area (Å²) >= 11 is 0. The van der Waals surface area contributed by atoms with Crippen molar-refractivity contribution in [3.63, 3.8) is 0 Å². The summed E-state index contributed by atoms with van der Waals surface area (Å²) in [4.78, 5) is 11.6. The van der Waals surface area contributed by atoms with Gasteiger partial charge in [0.1, 0.15) is 5.75 Å². The fraction of sp³-hybridized carbons (Fsp3) is 0.235. The zero-order chi connectivity index (χ0) is 18.2. The lowest BCUT2D eigenvalue weighted by Crippen LogP contribution is -2.27. The first kappa shape index (κ1) is 17.2. The van der Waals surface area contributed by atoms with Crippen LogP contribution in [0.3, 0.4) is 0 Å². The smallest absolute Gasteiger partial charge is 0.419 e. The standard InChI is InChI=1S/C17H18N2O5S/c1-11(13-6-4-5-7-15(13)23-3)18-25(21,22)12-8-9-14-16(10-12)24-17(20)19(14)2/h4-11,18H,1-3H3/t11-/m1/s1. The number of benzene rings is 2. The van der Waals surface area contributed by atoms with E-state index in [0.29, 0.717) is 11.3 Å². The number of para-hydroxylation sites is 1. The normalized spacial score (nSPS) is 13.1. The number of methoxy groups -OCH3 is 1. The Morgan fingerprint density at radius 1 is 1.20 bits per heavy atom. The molecular formula is C17H18N2O5S. The first-order chi connectivity index (χ1) is 11.8. The maximum absolute atomic E-state index is 12.7. The number of hydrogen-bond acceptors (Lipinski definition) is 5. The molecule has 0 aliphatic heterocycles. The minimum atomic E-state index is -3.80. The number of oxazole rings is 1. The molecule has 0 spiro atoms. The van der Waals surface area contributed by atoms with Gasteiger partial charge in [0.2, 0.25) is 10.0 Å². The van der Waals surface area contributed by atoms with E-state index < -0.39 is 21.8 Å². The number of ether oxygens (including phenoxy) is 1. The van der Waals surface area contributed by atoms with Crippen LogP contribution in [-0.4, -0.2) is 20.1 Å². The SMILES string of the molecule is COc1ccccc1[C@@H](C)NS(=O)(=O)c1ccc2c(c1)oc(=O)n2C. The lowest BCUT2D eigenvalue weighted by Gasteiger charge is -2.17. The average Bonchev–Trinajstić information content (AvgIpc) is 2.88. The number of aromatic nitrogens is 1. The molecule has 25 heavy (non-hydrogen) atoms. The third-order valence-corrected chi connectivity index (χ3v) is 5.55. The van der Waals surface area contributed by atoms with Gasteiger partial charge in [-0.2, -0.15) is 0 Å². The molecule has 3 rings (SSSR count). The van der Waals surface area contributed by atoms with Crippen molar-refractivity contribution in [2.24, 2.45) is 7.05 Å². The van der Waals surface area contributed by atoms with Crippen LogP contribution in [0.1, 0.15) is 18.5 Å². The van der Waals surface area contributed by atoms with E-state index in [1.165, 1.54) is 23.8 Å². The van der Waals surface area contributed by atoms with Crippen LogP contribution >= 0.6 is 0 Å². The number of aryl methyl sites for hydroxylation is 1. The molecule has 8 heteroatoms. The molecule has 0 saturated carbocycles. The van der Waals surface area contributed by atoms with Gasteiger partial charge in [-0.25, -0.2) is 17.9 Å². The van der Waals surface area contributed by atoms with Crippen molar-refractivity contribution in [1.82, 2.24) is 9.29 Å². The number of hydrogen-bond donors (Lipinski definition) is 1. The first-order valence-corrected chi connectivity index (χ1v) is 9.06. The second-order valence-corrected chi connectivity index (χ2v) is 7.36. The van der Waals surface area contributed by atoms with Crippen molar-refractivity contribution >= 4 is 21.1 Å². The van der Waals surface area contributed by atoms with Gasteiger partial charge >= 0.3 is 5.76 Å². The maximum atomic E-state index is 12.7. The Morgan fingerprint density at radius 3 is 2.64 bits per heavy atom. The van der Waals surface area contributed by atoms with Crippen molar-refractivity contribution < 1.29 is 17.6 Å². The summed E-state index contributed by atoms with van der Waals surface area (Å²) in [7, 11) is -0.712. The minimum absolute atomic E-state index is 0.0242. The maximum Gasteiger partial charge on any atom is 0.419 e. The van der Waals surface area contributed by atoms with Crippen molar-refractivity contribution in [2.75, 3.05) is 7.11 Å². The highest BCUT2D eigenvalue weighted by Crippen LogP contribution is 2.26. The molecule has 0 bridgehead atoms. The van der Waals surface area contributed by atoms with Gasteiger partial charge in [0.25, 0.3) is 0 Å². The molecule has 0 amide bonds. The van der Waals surface area contributed by atoms with Gasteiger partial charge in [-0.15, -0.1) is 0 Å². The molecule has 0 unspecified atom stereocenters. The number of sulfonamides is 1. The summed E-state index contributed by atoms with van der Waals surface area (Å²) in [5, 5.41) is 0. The molecule has 132 valence electrons. The highest BCUT2D eigenvalue weighted by Gasteiger charge is 2.21. The number of nitrogens with one attached hydrogen (secondary N) is 1. The molecule has 0 saturated heterocycles. The quantitative estimate of drug-likeness (QED) is 0.751. The molecular weight excluding hydrogens is 344 g/mol. The lowest BCUT2D eigenvalue weighted by molar-refractivity contribution is 0.405. The highest BCUT2D eigenvalue weighted by atomic mass is 32.2. The van der Waals surface area contributed by atoms with E-state index in [1.54, 1.807) is 32.2 Å². The van der Waals surface area contributed by atoms with Gasteiger partial charge in [0, 0.05) is 24.7 Å². The predicted molar refractivity (Wildman–Crippen MR) is 93.2 cm³/mol. The molecule has 0 aliphatic carbocycles. The van der Waals surface area contributed by atoms with Gasteiger partial charge in [0.05, 0.1) is 17.5 Å². The van der Waals surface area contributed by atoms with E-state index in [1.807, 2.05) is 12.1 Å². The Balaban J connectivity index is 1.95. The Labute approximate surface area is 144 Å². The molecule has 1 N–H and O–H groups in total. The molecule has 2 aromatic carbocycles. The van der Waals surface area contributed by atoms with Crippen molar-refractivity contribution in [1.29, 1.82) is 0 Å². The van der Waals surface area contributed by atoms with Crippen molar-refractivity contribution in [2.45, 2.75) is 17.9 Å². The van der Waals surface area contributed by atoms with Crippen molar-refractivity contribution in [3.05, 3.63) is 58.6 Å². The van der Waals surface area contributed by atoms with Gasteiger partial charge in [-0.1, -0.05) is 18.2 Å². The predicted octanol–water partition coefficient (Wildman–Crippen LogP) is 2.18. The highest BCUT2D eigenvalue weighted by molar-refractivity contribution is 7.89. The van der Waals surface area contributed by atoms with Gasteiger partial charge in [0.15, 0.2) is 5.58 Å². The van der Waals surface area contributed by atoms with Crippen molar-refractivity contribution in [3.8, 4) is 5.75 Å². The van der Waals surface area contributed by atoms with Gasteiger partial charge in [-0.3, -0.25) is 4.57 Å². The molecule has 0 radical (unpaired) electrons. The molecule has 1 atom stereocenters. The summed E-state index contributed by atoms with van der Waals surface area (Å²) in [6.45, 7) is 1.73. The Kier molecular flexibility index (Phi) is 4.40. The van der Waals surface area contributed by atoms with E-state index in [9.17, 15) is 13.2 Å². The fourth-order valence-electron chi connectivity index (χ4n) is 2.67. The molecule has 7 nitrogen and oxygen atoms in total. The molecule has 3 aromatic rings. The molecule has 1 aromatic heterocycles. The molecule has 1 heterocycles. The Bertz CT molecular complexity index is 1080. The number of nitrogens with zero attached hydrogens (tertiary/aromatic N) is 1. The van der Waals surface area contributed by atoms with Crippen LogP contribution < -0.4 is 15.2 Å². The van der Waals surface area contributed by atoms with E-state index in [4.69, 9.17) is 9.15 Å². The zero-order valence-corrected chi connectivity index (χ0v) is 14.8. The summed E-state index contributed by atoms with van der Waals surface area (Å²) in [5.41, 5.74) is 1.47. The van der Waals surface area contributed by atoms with Crippen LogP contribution in [0.15, 0.2) is 56.6 Å². The van der Waals surface area contributed by atoms with Gasteiger partial charge < -0.3 is 9.15 Å².